The zero-order valence-electron chi connectivity index (χ0n) is 6.13. The van der Waals surface area contributed by atoms with Gasteiger partial charge in [0, 0.05) is 0 Å². The van der Waals surface area contributed by atoms with Gasteiger partial charge in [-0.15, -0.1) is 0 Å². The van der Waals surface area contributed by atoms with Gasteiger partial charge in [-0.1, -0.05) is 0 Å². The number of rotatable bonds is 4. The van der Waals surface area contributed by atoms with E-state index in [1.165, 1.54) is 6.92 Å². The molecule has 0 fully saturated rings. The van der Waals surface area contributed by atoms with Crippen LogP contribution in [0.5, 0.6) is 0 Å². The topological polar surface area (TPSA) is 89.3 Å². The van der Waals surface area contributed by atoms with E-state index in [0.717, 1.165) is 0 Å². The summed E-state index contributed by atoms with van der Waals surface area (Å²) in [5, 5.41) is 8.50. The molecule has 0 aliphatic heterocycles. The molecular formula is C6H14N2O2. The highest BCUT2D eigenvalue weighted by Crippen LogP contribution is 2.07. The fourth-order valence-electron chi connectivity index (χ4n) is 0.576. The first kappa shape index (κ1) is 9.39. The Labute approximate surface area is 60.2 Å². The number of carbonyl (C=O) groups is 1. The molecule has 60 valence electrons. The third-order valence-corrected chi connectivity index (χ3v) is 1.39. The average molecular weight is 145 g/mol. The van der Waals surface area contributed by atoms with Crippen molar-refractivity contribution in [1.29, 1.82) is 0 Å². The number of hydrogen-bond acceptors (Lipinski definition) is 3. The van der Waals surface area contributed by atoms with Gasteiger partial charge in [-0.2, -0.15) is 0 Å². The molecule has 0 rings (SSSR count). The van der Waals surface area contributed by atoms with Crippen molar-refractivity contribution >= 4 is 5.97 Å². The molecule has 0 saturated heterocycles. The highest BCUT2D eigenvalue weighted by molar-refractivity contribution is 5.77. The van der Waals surface area contributed by atoms with E-state index in [1.807, 2.05) is 0 Å². The lowest BCUT2D eigenvalue weighted by Crippen LogP contribution is -2.45. The second kappa shape index (κ2) is 3.53. The summed E-state index contributed by atoms with van der Waals surface area (Å²) in [6, 6.07) is 0. The zero-order valence-corrected chi connectivity index (χ0v) is 6.13. The van der Waals surface area contributed by atoms with E-state index in [1.54, 1.807) is 0 Å². The van der Waals surface area contributed by atoms with Gasteiger partial charge < -0.3 is 16.6 Å². The molecule has 4 nitrogen and oxygen atoms in total. The lowest BCUT2D eigenvalue weighted by molar-refractivity contribution is -0.142. The third-order valence-electron chi connectivity index (χ3n) is 1.39. The second-order valence-corrected chi connectivity index (χ2v) is 2.61. The molecule has 0 heterocycles. The molecule has 1 unspecified atom stereocenters. The molecule has 0 bridgehead atoms. The summed E-state index contributed by atoms with van der Waals surface area (Å²) in [6.07, 6.45) is 1.08. The fourth-order valence-corrected chi connectivity index (χ4v) is 0.576. The third kappa shape index (κ3) is 2.80. The Kier molecular flexibility index (Phi) is 3.32. The number of nitrogens with two attached hydrogens (primary N) is 2. The molecule has 1 atom stereocenters. The SMILES string of the molecule is [11CH3]C(N)(CCCN)C(=O)O. The summed E-state index contributed by atoms with van der Waals surface area (Å²) in [5.74, 6) is -0.971. The van der Waals surface area contributed by atoms with Crippen molar-refractivity contribution in [3.8, 4) is 0 Å². The fraction of sp³-hybridized carbons (Fsp3) is 0.833. The van der Waals surface area contributed by atoms with Crippen LogP contribution in [0.25, 0.3) is 0 Å². The quantitative estimate of drug-likeness (QED) is 0.498. The van der Waals surface area contributed by atoms with E-state index >= 15 is 0 Å². The predicted molar refractivity (Wildman–Crippen MR) is 38.5 cm³/mol. The summed E-state index contributed by atoms with van der Waals surface area (Å²) in [4.78, 5) is 10.4. The monoisotopic (exact) mass is 145 g/mol. The Morgan fingerprint density at radius 2 is 2.20 bits per heavy atom. The van der Waals surface area contributed by atoms with Crippen LogP contribution in [0.4, 0.5) is 0 Å². The highest BCUT2D eigenvalue weighted by Gasteiger charge is 2.26. The molecular weight excluding hydrogens is 131 g/mol. The summed E-state index contributed by atoms with van der Waals surface area (Å²) >= 11 is 0. The molecule has 5 N–H and O–H groups in total. The minimum Gasteiger partial charge on any atom is -0.480 e. The van der Waals surface area contributed by atoms with E-state index in [2.05, 4.69) is 0 Å². The van der Waals surface area contributed by atoms with Crippen molar-refractivity contribution < 1.29 is 9.90 Å². The Hall–Kier alpha value is -0.610. The molecule has 0 amide bonds. The number of carboxylic acids is 1. The number of aliphatic carboxylic acids is 1. The first-order chi connectivity index (χ1) is 4.50. The minimum atomic E-state index is -1.11. The highest BCUT2D eigenvalue weighted by atomic mass is 16.4. The van der Waals surface area contributed by atoms with E-state index in [-0.39, 0.29) is 0 Å². The molecule has 0 aromatic heterocycles. The molecule has 0 aromatic rings. The van der Waals surface area contributed by atoms with Gasteiger partial charge in [0.15, 0.2) is 0 Å². The summed E-state index contributed by atoms with van der Waals surface area (Å²) in [7, 11) is 0. The van der Waals surface area contributed by atoms with Gasteiger partial charge in [0.05, 0.1) is 0 Å². The van der Waals surface area contributed by atoms with Crippen LogP contribution in [-0.4, -0.2) is 23.2 Å². The Balaban J connectivity index is 3.75. The van der Waals surface area contributed by atoms with Crippen LogP contribution in [0, 0.1) is 0 Å². The molecule has 0 spiro atoms. The molecule has 0 aromatic carbocycles. The van der Waals surface area contributed by atoms with Crippen LogP contribution >= 0.6 is 0 Å². The normalized spacial score (nSPS) is 16.3. The molecule has 10 heavy (non-hydrogen) atoms. The number of hydrogen-bond donors (Lipinski definition) is 3. The van der Waals surface area contributed by atoms with E-state index in [4.69, 9.17) is 16.6 Å². The van der Waals surface area contributed by atoms with Gasteiger partial charge in [-0.25, -0.2) is 0 Å². The van der Waals surface area contributed by atoms with Crippen molar-refractivity contribution in [1.82, 2.24) is 0 Å². The lowest BCUT2D eigenvalue weighted by Gasteiger charge is -2.17. The molecule has 0 radical (unpaired) electrons. The largest absolute Gasteiger partial charge is 0.480 e. The van der Waals surface area contributed by atoms with Crippen molar-refractivity contribution in [2.45, 2.75) is 25.3 Å². The van der Waals surface area contributed by atoms with Crippen molar-refractivity contribution in [3.05, 3.63) is 0 Å². The number of carboxylic acid groups (broad SMARTS) is 1. The molecule has 0 saturated carbocycles. The Bertz CT molecular complexity index is 123. The second-order valence-electron chi connectivity index (χ2n) is 2.61. The van der Waals surface area contributed by atoms with Crippen LogP contribution in [0.3, 0.4) is 0 Å². The van der Waals surface area contributed by atoms with Crippen LogP contribution in [0.2, 0.25) is 0 Å². The van der Waals surface area contributed by atoms with Gasteiger partial charge in [0.1, 0.15) is 5.54 Å². The van der Waals surface area contributed by atoms with Crippen molar-refractivity contribution in [2.75, 3.05) is 6.54 Å². The maximum Gasteiger partial charge on any atom is 0.323 e. The lowest BCUT2D eigenvalue weighted by atomic mass is 9.81. The van der Waals surface area contributed by atoms with Gasteiger partial charge in [-0.05, 0) is 26.3 Å². The maximum absolute atomic E-state index is 10.4. The van der Waals surface area contributed by atoms with Crippen molar-refractivity contribution in [2.24, 2.45) is 11.5 Å². The van der Waals surface area contributed by atoms with E-state index in [9.17, 15) is 4.79 Å². The Morgan fingerprint density at radius 3 is 2.50 bits per heavy atom. The van der Waals surface area contributed by atoms with E-state index in [0.29, 0.717) is 19.4 Å². The summed E-state index contributed by atoms with van der Waals surface area (Å²) in [5.41, 5.74) is 9.47. The molecule has 0 aliphatic carbocycles. The Morgan fingerprint density at radius 1 is 1.70 bits per heavy atom. The van der Waals surface area contributed by atoms with Gasteiger partial charge >= 0.3 is 5.97 Å². The van der Waals surface area contributed by atoms with E-state index < -0.39 is 11.5 Å². The minimum absolute atomic E-state index is 0.429. The molecule has 0 aliphatic rings. The maximum atomic E-state index is 10.4. The van der Waals surface area contributed by atoms with Gasteiger partial charge in [0.25, 0.3) is 0 Å². The molecule has 4 heteroatoms. The van der Waals surface area contributed by atoms with Crippen LogP contribution < -0.4 is 11.5 Å². The van der Waals surface area contributed by atoms with Gasteiger partial charge in [0.2, 0.25) is 0 Å². The first-order valence-corrected chi connectivity index (χ1v) is 3.23. The van der Waals surface area contributed by atoms with Crippen LogP contribution in [0.1, 0.15) is 19.8 Å². The predicted octanol–water partition coefficient (Wildman–Crippen LogP) is -0.473. The summed E-state index contributed by atoms with van der Waals surface area (Å²) < 4.78 is 0. The first-order valence-electron chi connectivity index (χ1n) is 3.23. The van der Waals surface area contributed by atoms with Crippen molar-refractivity contribution in [3.63, 3.8) is 0 Å². The summed E-state index contributed by atoms with van der Waals surface area (Å²) in [6.45, 7) is 1.98. The zero-order chi connectivity index (χ0) is 8.20. The van der Waals surface area contributed by atoms with Crippen LogP contribution in [-0.2, 0) is 4.79 Å². The van der Waals surface area contributed by atoms with Crippen LogP contribution in [0.15, 0.2) is 0 Å². The average Bonchev–Trinajstić information content (AvgIpc) is 1.84. The smallest absolute Gasteiger partial charge is 0.323 e. The van der Waals surface area contributed by atoms with Gasteiger partial charge in [-0.3, -0.25) is 4.79 Å². The standard InChI is InChI=1S/C6H14N2O2/c1-6(8,5(9)10)3-2-4-7/h2-4,7-8H2,1H3,(H,9,10)/i1-1.